The van der Waals surface area contributed by atoms with Gasteiger partial charge in [0.2, 0.25) is 11.8 Å². The van der Waals surface area contributed by atoms with Crippen LogP contribution in [-0.2, 0) is 14.4 Å². The van der Waals surface area contributed by atoms with Gasteiger partial charge in [0.05, 0.1) is 10.4 Å². The molecule has 100 valence electrons. The zero-order valence-electron chi connectivity index (χ0n) is 10.9. The van der Waals surface area contributed by atoms with Crippen LogP contribution in [0.2, 0.25) is 0 Å². The molecule has 0 aromatic heterocycles. The first-order valence-corrected chi connectivity index (χ1v) is 5.88. The molecule has 0 spiro atoms. The third-order valence-electron chi connectivity index (χ3n) is 3.18. The summed E-state index contributed by atoms with van der Waals surface area (Å²) in [6.45, 7) is 6.11. The standard InChI is InChI=1S/C11H17N3O3S/c1-10(2,7(12)18)9(17)14-5-6(15)13-8(16)11(14,3)4/h5H2,1-4H3,(H2,12,18)(H,13,15,16). The lowest BCUT2D eigenvalue weighted by molar-refractivity contribution is -0.158. The Labute approximate surface area is 111 Å². The molecule has 0 unspecified atom stereocenters. The average Bonchev–Trinajstić information content (AvgIpc) is 2.22. The van der Waals surface area contributed by atoms with E-state index in [1.165, 1.54) is 4.90 Å². The molecule has 0 atom stereocenters. The zero-order valence-corrected chi connectivity index (χ0v) is 11.7. The van der Waals surface area contributed by atoms with Crippen molar-refractivity contribution in [3.05, 3.63) is 0 Å². The maximum Gasteiger partial charge on any atom is 0.252 e. The Kier molecular flexibility index (Phi) is 3.49. The molecule has 1 fully saturated rings. The topological polar surface area (TPSA) is 92.5 Å². The van der Waals surface area contributed by atoms with Crippen molar-refractivity contribution in [2.24, 2.45) is 11.1 Å². The number of carbonyl (C=O) groups is 3. The second kappa shape index (κ2) is 4.31. The van der Waals surface area contributed by atoms with Gasteiger partial charge in [0.1, 0.15) is 12.1 Å². The molecule has 0 bridgehead atoms. The quantitative estimate of drug-likeness (QED) is 0.525. The molecule has 7 heteroatoms. The van der Waals surface area contributed by atoms with E-state index >= 15 is 0 Å². The number of rotatable bonds is 2. The fraction of sp³-hybridized carbons (Fsp3) is 0.636. The summed E-state index contributed by atoms with van der Waals surface area (Å²) in [7, 11) is 0. The van der Waals surface area contributed by atoms with Crippen LogP contribution in [0.25, 0.3) is 0 Å². The van der Waals surface area contributed by atoms with E-state index in [-0.39, 0.29) is 11.5 Å². The molecule has 3 amide bonds. The lowest BCUT2D eigenvalue weighted by Gasteiger charge is -2.43. The van der Waals surface area contributed by atoms with Crippen molar-refractivity contribution in [1.82, 2.24) is 10.2 Å². The van der Waals surface area contributed by atoms with E-state index in [9.17, 15) is 14.4 Å². The lowest BCUT2D eigenvalue weighted by Crippen LogP contribution is -2.67. The highest BCUT2D eigenvalue weighted by Crippen LogP contribution is 2.26. The van der Waals surface area contributed by atoms with Crippen LogP contribution >= 0.6 is 12.2 Å². The van der Waals surface area contributed by atoms with Gasteiger partial charge in [0, 0.05) is 0 Å². The van der Waals surface area contributed by atoms with Gasteiger partial charge in [-0.2, -0.15) is 0 Å². The molecule has 0 aromatic carbocycles. The fourth-order valence-corrected chi connectivity index (χ4v) is 1.64. The number of piperazine rings is 1. The summed E-state index contributed by atoms with van der Waals surface area (Å²) in [5.74, 6) is -1.44. The minimum absolute atomic E-state index is 0.0294. The van der Waals surface area contributed by atoms with E-state index in [0.717, 1.165) is 0 Å². The normalized spacial score (nSPS) is 19.4. The maximum atomic E-state index is 12.4. The SMILES string of the molecule is CC(C)(C(=O)N1CC(=O)NC(=O)C1(C)C)C(N)=S. The second-order valence-corrected chi connectivity index (χ2v) is 5.76. The predicted octanol–water partition coefficient (Wildman–Crippen LogP) is -0.438. The largest absolute Gasteiger partial charge is 0.392 e. The van der Waals surface area contributed by atoms with Crippen LogP contribution in [0.3, 0.4) is 0 Å². The van der Waals surface area contributed by atoms with E-state index in [4.69, 9.17) is 18.0 Å². The highest BCUT2D eigenvalue weighted by molar-refractivity contribution is 7.80. The van der Waals surface area contributed by atoms with Gasteiger partial charge in [-0.3, -0.25) is 19.7 Å². The number of nitrogens with one attached hydrogen (secondary N) is 1. The molecular weight excluding hydrogens is 254 g/mol. The first-order valence-electron chi connectivity index (χ1n) is 5.47. The van der Waals surface area contributed by atoms with Crippen LogP contribution in [0.1, 0.15) is 27.7 Å². The molecule has 0 aliphatic carbocycles. The number of thiocarbonyl (C=S) groups is 1. The van der Waals surface area contributed by atoms with Gasteiger partial charge in [-0.1, -0.05) is 12.2 Å². The van der Waals surface area contributed by atoms with Crippen LogP contribution in [-0.4, -0.2) is 39.7 Å². The molecule has 1 rings (SSSR count). The summed E-state index contributed by atoms with van der Waals surface area (Å²) in [5.41, 5.74) is 3.34. The smallest absolute Gasteiger partial charge is 0.252 e. The van der Waals surface area contributed by atoms with E-state index < -0.39 is 28.7 Å². The molecule has 1 heterocycles. The first kappa shape index (κ1) is 14.6. The van der Waals surface area contributed by atoms with Gasteiger partial charge in [-0.25, -0.2) is 0 Å². The Morgan fingerprint density at radius 1 is 1.44 bits per heavy atom. The third-order valence-corrected chi connectivity index (χ3v) is 3.69. The Morgan fingerprint density at radius 3 is 2.39 bits per heavy atom. The zero-order chi connectivity index (χ0) is 14.3. The monoisotopic (exact) mass is 271 g/mol. The number of hydrogen-bond donors (Lipinski definition) is 2. The van der Waals surface area contributed by atoms with E-state index in [0.29, 0.717) is 0 Å². The van der Waals surface area contributed by atoms with Crippen molar-refractivity contribution in [3.8, 4) is 0 Å². The number of nitrogens with two attached hydrogens (primary N) is 1. The van der Waals surface area contributed by atoms with Gasteiger partial charge in [-0.05, 0) is 27.7 Å². The number of imide groups is 1. The molecule has 0 radical (unpaired) electrons. The van der Waals surface area contributed by atoms with Crippen molar-refractivity contribution in [3.63, 3.8) is 0 Å². The van der Waals surface area contributed by atoms with Crippen LogP contribution < -0.4 is 11.1 Å². The van der Waals surface area contributed by atoms with E-state index in [1.54, 1.807) is 27.7 Å². The highest BCUT2D eigenvalue weighted by Gasteiger charge is 2.48. The van der Waals surface area contributed by atoms with Crippen molar-refractivity contribution in [2.75, 3.05) is 6.54 Å². The van der Waals surface area contributed by atoms with Crippen LogP contribution in [0.15, 0.2) is 0 Å². The molecule has 1 saturated heterocycles. The van der Waals surface area contributed by atoms with Gasteiger partial charge in [-0.15, -0.1) is 0 Å². The maximum absolute atomic E-state index is 12.4. The predicted molar refractivity (Wildman–Crippen MR) is 69.5 cm³/mol. The molecular formula is C11H17N3O3S. The minimum atomic E-state index is -1.10. The Hall–Kier alpha value is -1.50. The summed E-state index contributed by atoms with van der Waals surface area (Å²) < 4.78 is 0. The molecule has 1 aliphatic rings. The summed E-state index contributed by atoms with van der Waals surface area (Å²) in [5, 5.41) is 2.20. The number of nitrogens with zero attached hydrogens (tertiary/aromatic N) is 1. The summed E-state index contributed by atoms with van der Waals surface area (Å²) in [4.78, 5) is 36.8. The number of carbonyl (C=O) groups excluding carboxylic acids is 3. The third kappa shape index (κ3) is 2.22. The Morgan fingerprint density at radius 2 is 1.94 bits per heavy atom. The highest BCUT2D eigenvalue weighted by atomic mass is 32.1. The van der Waals surface area contributed by atoms with Crippen molar-refractivity contribution in [1.29, 1.82) is 0 Å². The second-order valence-electron chi connectivity index (χ2n) is 5.32. The number of hydrogen-bond acceptors (Lipinski definition) is 4. The molecule has 0 aromatic rings. The van der Waals surface area contributed by atoms with Crippen molar-refractivity contribution in [2.45, 2.75) is 33.2 Å². The lowest BCUT2D eigenvalue weighted by atomic mass is 9.87. The van der Waals surface area contributed by atoms with Gasteiger partial charge >= 0.3 is 0 Å². The van der Waals surface area contributed by atoms with Gasteiger partial charge in [0.15, 0.2) is 0 Å². The van der Waals surface area contributed by atoms with Gasteiger partial charge in [0.25, 0.3) is 5.91 Å². The Bertz CT molecular complexity index is 443. The van der Waals surface area contributed by atoms with Crippen LogP contribution in [0, 0.1) is 5.41 Å². The summed E-state index contributed by atoms with van der Waals surface area (Å²) in [6, 6.07) is 0. The fourth-order valence-electron chi connectivity index (χ4n) is 1.55. The molecule has 1 aliphatic heterocycles. The van der Waals surface area contributed by atoms with Crippen molar-refractivity contribution < 1.29 is 14.4 Å². The van der Waals surface area contributed by atoms with E-state index in [2.05, 4.69) is 5.32 Å². The van der Waals surface area contributed by atoms with Gasteiger partial charge < -0.3 is 10.6 Å². The average molecular weight is 271 g/mol. The van der Waals surface area contributed by atoms with Crippen LogP contribution in [0.5, 0.6) is 0 Å². The summed E-state index contributed by atoms with van der Waals surface area (Å²) >= 11 is 4.86. The molecule has 6 nitrogen and oxygen atoms in total. The molecule has 0 saturated carbocycles. The molecule has 18 heavy (non-hydrogen) atoms. The Balaban J connectivity index is 3.14. The van der Waals surface area contributed by atoms with Crippen LogP contribution in [0.4, 0.5) is 0 Å². The first-order chi connectivity index (χ1) is 8.01. The minimum Gasteiger partial charge on any atom is -0.392 e. The molecule has 3 N–H and O–H groups in total. The summed E-state index contributed by atoms with van der Waals surface area (Å²) in [6.07, 6.45) is 0. The van der Waals surface area contributed by atoms with E-state index in [1.807, 2.05) is 0 Å². The van der Waals surface area contributed by atoms with Crippen molar-refractivity contribution >= 4 is 34.9 Å². The number of amides is 3.